The number of imide groups is 1. The first-order valence-corrected chi connectivity index (χ1v) is 5.58. The number of carbonyl (C=O) groups excluding carboxylic acids is 2. The summed E-state index contributed by atoms with van der Waals surface area (Å²) < 4.78 is 14.5. The van der Waals surface area contributed by atoms with E-state index in [-0.39, 0.29) is 0 Å². The van der Waals surface area contributed by atoms with Crippen molar-refractivity contribution in [2.75, 3.05) is 0 Å². The Hall–Kier alpha value is -1.17. The van der Waals surface area contributed by atoms with Gasteiger partial charge in [-0.25, -0.2) is 9.18 Å². The van der Waals surface area contributed by atoms with Crippen LogP contribution in [0.3, 0.4) is 0 Å². The van der Waals surface area contributed by atoms with Gasteiger partial charge in [-0.15, -0.1) is 0 Å². The molecule has 1 aliphatic heterocycles. The van der Waals surface area contributed by atoms with Crippen molar-refractivity contribution in [1.82, 2.24) is 10.6 Å². The minimum atomic E-state index is -1.22. The highest BCUT2D eigenvalue weighted by molar-refractivity contribution is 9.11. The fourth-order valence-corrected chi connectivity index (χ4v) is 2.38. The van der Waals surface area contributed by atoms with Crippen molar-refractivity contribution in [1.29, 1.82) is 0 Å². The lowest BCUT2D eigenvalue weighted by molar-refractivity contribution is -0.125. The van der Waals surface area contributed by atoms with Crippen molar-refractivity contribution in [2.45, 2.75) is 18.9 Å². The molecule has 0 radical (unpaired) electrons. The van der Waals surface area contributed by atoms with Gasteiger partial charge in [0.05, 0.1) is 0 Å². The van der Waals surface area contributed by atoms with Gasteiger partial charge in [-0.05, 0) is 30.0 Å². The third-order valence-corrected chi connectivity index (χ3v) is 3.51. The summed E-state index contributed by atoms with van der Waals surface area (Å²) >= 11 is 3.27. The van der Waals surface area contributed by atoms with E-state index in [1.54, 1.807) is 6.08 Å². The first-order valence-electron chi connectivity index (χ1n) is 4.79. The van der Waals surface area contributed by atoms with E-state index in [1.165, 1.54) is 13.0 Å². The quantitative estimate of drug-likeness (QED) is 0.722. The lowest BCUT2D eigenvalue weighted by Crippen LogP contribution is -2.51. The Morgan fingerprint density at radius 3 is 2.75 bits per heavy atom. The van der Waals surface area contributed by atoms with Crippen molar-refractivity contribution in [3.05, 3.63) is 22.5 Å². The first kappa shape index (κ1) is 11.3. The normalized spacial score (nSPS) is 34.1. The summed E-state index contributed by atoms with van der Waals surface area (Å²) in [6.45, 7) is 1.52. The third kappa shape index (κ3) is 1.67. The number of nitrogens with one attached hydrogen (secondary N) is 2. The van der Waals surface area contributed by atoms with Crippen LogP contribution >= 0.6 is 15.9 Å². The minimum absolute atomic E-state index is 0.354. The molecule has 1 aliphatic carbocycles. The number of rotatable bonds is 1. The van der Waals surface area contributed by atoms with Crippen LogP contribution in [-0.2, 0) is 4.79 Å². The average molecular weight is 289 g/mol. The van der Waals surface area contributed by atoms with Gasteiger partial charge >= 0.3 is 6.03 Å². The van der Waals surface area contributed by atoms with E-state index < -0.39 is 29.2 Å². The molecule has 0 spiro atoms. The second-order valence-electron chi connectivity index (χ2n) is 4.03. The number of halogens is 2. The zero-order valence-corrected chi connectivity index (χ0v) is 10.1. The van der Waals surface area contributed by atoms with Crippen LogP contribution in [0, 0.1) is 5.92 Å². The molecular formula is C10H10BrFN2O2. The fraction of sp³-hybridized carbons (Fsp3) is 0.400. The van der Waals surface area contributed by atoms with Gasteiger partial charge in [0.15, 0.2) is 0 Å². The Bertz CT molecular complexity index is 433. The van der Waals surface area contributed by atoms with Crippen LogP contribution in [-0.4, -0.2) is 17.5 Å². The number of urea groups is 1. The van der Waals surface area contributed by atoms with Crippen molar-refractivity contribution < 1.29 is 14.0 Å². The molecule has 0 aromatic heterocycles. The van der Waals surface area contributed by atoms with Gasteiger partial charge in [-0.1, -0.05) is 15.9 Å². The van der Waals surface area contributed by atoms with Gasteiger partial charge in [0.25, 0.3) is 5.91 Å². The fourth-order valence-electron chi connectivity index (χ4n) is 1.93. The van der Waals surface area contributed by atoms with Crippen molar-refractivity contribution in [2.24, 2.45) is 5.92 Å². The van der Waals surface area contributed by atoms with Gasteiger partial charge in [-0.2, -0.15) is 0 Å². The summed E-state index contributed by atoms with van der Waals surface area (Å²) in [5.41, 5.74) is -1.22. The summed E-state index contributed by atoms with van der Waals surface area (Å²) in [5.74, 6) is -1.56. The highest BCUT2D eigenvalue weighted by atomic mass is 79.9. The zero-order chi connectivity index (χ0) is 11.9. The standard InChI is InChI=1S/C10H10BrFN2O2/c1-10(8(15)13-9(16)14-10)6-4-5(11)2-3-7(6)12/h2-3,6H,4H2,1H3,(H2,13,14,15,16). The topological polar surface area (TPSA) is 58.2 Å². The molecule has 0 bridgehead atoms. The molecular weight excluding hydrogens is 279 g/mol. The highest BCUT2D eigenvalue weighted by Crippen LogP contribution is 2.37. The van der Waals surface area contributed by atoms with Gasteiger partial charge in [0, 0.05) is 5.92 Å². The Kier molecular flexibility index (Phi) is 2.61. The number of hydrogen-bond acceptors (Lipinski definition) is 2. The average Bonchev–Trinajstić information content (AvgIpc) is 2.46. The molecule has 0 aromatic rings. The van der Waals surface area contributed by atoms with Crippen LogP contribution in [0.2, 0.25) is 0 Å². The Labute approximate surface area is 100 Å². The Morgan fingerprint density at radius 1 is 1.50 bits per heavy atom. The lowest BCUT2D eigenvalue weighted by Gasteiger charge is -2.31. The molecule has 2 N–H and O–H groups in total. The van der Waals surface area contributed by atoms with E-state index in [0.29, 0.717) is 6.42 Å². The van der Waals surface area contributed by atoms with Crippen LogP contribution in [0.25, 0.3) is 0 Å². The van der Waals surface area contributed by atoms with Gasteiger partial charge in [-0.3, -0.25) is 10.1 Å². The number of carbonyl (C=O) groups is 2. The van der Waals surface area contributed by atoms with Crippen molar-refractivity contribution in [3.63, 3.8) is 0 Å². The van der Waals surface area contributed by atoms with Crippen LogP contribution in [0.1, 0.15) is 13.3 Å². The largest absolute Gasteiger partial charge is 0.323 e. The summed E-state index contributed by atoms with van der Waals surface area (Å²) in [6, 6.07) is -0.578. The van der Waals surface area contributed by atoms with Crippen LogP contribution in [0.5, 0.6) is 0 Å². The molecule has 6 heteroatoms. The van der Waals surface area contributed by atoms with E-state index in [9.17, 15) is 14.0 Å². The molecule has 2 atom stereocenters. The van der Waals surface area contributed by atoms with Gasteiger partial charge in [0.1, 0.15) is 11.4 Å². The minimum Gasteiger partial charge on any atom is -0.323 e. The summed E-state index contributed by atoms with van der Waals surface area (Å²) in [5, 5.41) is 4.59. The van der Waals surface area contributed by atoms with E-state index in [1.807, 2.05) is 0 Å². The second-order valence-corrected chi connectivity index (χ2v) is 5.05. The monoisotopic (exact) mass is 288 g/mol. The number of allylic oxidation sites excluding steroid dienone is 3. The van der Waals surface area contributed by atoms with Gasteiger partial charge in [0.2, 0.25) is 0 Å². The summed E-state index contributed by atoms with van der Waals surface area (Å²) in [6.07, 6.45) is 3.26. The predicted octanol–water partition coefficient (Wildman–Crippen LogP) is 1.74. The SMILES string of the molecule is CC1(C2CC(Br)=CC=C2F)NC(=O)NC1=O. The molecule has 4 nitrogen and oxygen atoms in total. The molecule has 1 saturated heterocycles. The lowest BCUT2D eigenvalue weighted by atomic mass is 9.80. The Balaban J connectivity index is 2.32. The number of amides is 3. The summed E-state index contributed by atoms with van der Waals surface area (Å²) in [7, 11) is 0. The van der Waals surface area contributed by atoms with E-state index in [0.717, 1.165) is 4.48 Å². The molecule has 2 aliphatic rings. The van der Waals surface area contributed by atoms with Gasteiger partial charge < -0.3 is 5.32 Å². The molecule has 16 heavy (non-hydrogen) atoms. The second kappa shape index (κ2) is 3.69. The zero-order valence-electron chi connectivity index (χ0n) is 8.51. The molecule has 2 unspecified atom stereocenters. The molecule has 0 aromatic carbocycles. The van der Waals surface area contributed by atoms with Crippen molar-refractivity contribution in [3.8, 4) is 0 Å². The summed E-state index contributed by atoms with van der Waals surface area (Å²) in [4.78, 5) is 22.7. The maximum absolute atomic E-state index is 13.7. The molecule has 0 saturated carbocycles. The van der Waals surface area contributed by atoms with Crippen LogP contribution < -0.4 is 10.6 Å². The molecule has 86 valence electrons. The van der Waals surface area contributed by atoms with E-state index in [2.05, 4.69) is 26.6 Å². The molecule has 1 fully saturated rings. The number of hydrogen-bond donors (Lipinski definition) is 2. The molecule has 2 rings (SSSR count). The smallest absolute Gasteiger partial charge is 0.322 e. The molecule has 1 heterocycles. The third-order valence-electron chi connectivity index (χ3n) is 2.92. The van der Waals surface area contributed by atoms with Crippen LogP contribution in [0.4, 0.5) is 9.18 Å². The molecule has 3 amide bonds. The highest BCUT2D eigenvalue weighted by Gasteiger charge is 2.50. The van der Waals surface area contributed by atoms with Crippen molar-refractivity contribution >= 4 is 27.9 Å². The Morgan fingerprint density at radius 2 is 2.19 bits per heavy atom. The first-order chi connectivity index (χ1) is 7.43. The maximum Gasteiger partial charge on any atom is 0.322 e. The van der Waals surface area contributed by atoms with E-state index >= 15 is 0 Å². The maximum atomic E-state index is 13.7. The van der Waals surface area contributed by atoms with Crippen LogP contribution in [0.15, 0.2) is 22.5 Å². The predicted molar refractivity (Wildman–Crippen MR) is 59.4 cm³/mol. The van der Waals surface area contributed by atoms with E-state index in [4.69, 9.17) is 0 Å².